The molecule has 6 nitrogen and oxygen atoms in total. The van der Waals surface area contributed by atoms with Gasteiger partial charge in [-0.2, -0.15) is 5.10 Å². The summed E-state index contributed by atoms with van der Waals surface area (Å²) in [4.78, 5) is 20.9. The monoisotopic (exact) mass is 349 g/mol. The first-order valence-electron chi connectivity index (χ1n) is 9.04. The average Bonchev–Trinajstić information content (AvgIpc) is 3.03. The second kappa shape index (κ2) is 7.25. The third kappa shape index (κ3) is 3.46. The van der Waals surface area contributed by atoms with Crippen LogP contribution in [-0.2, 0) is 13.6 Å². The van der Waals surface area contributed by atoms with Gasteiger partial charge in [0.15, 0.2) is 0 Å². The second-order valence-electron chi connectivity index (χ2n) is 6.89. The summed E-state index contributed by atoms with van der Waals surface area (Å²) < 4.78 is 1.96. The number of hydrogen-bond donors (Lipinski definition) is 1. The molecule has 0 atom stereocenters. The van der Waals surface area contributed by atoms with Gasteiger partial charge in [0, 0.05) is 36.7 Å². The quantitative estimate of drug-likeness (QED) is 0.786. The van der Waals surface area contributed by atoms with E-state index in [0.717, 1.165) is 38.2 Å². The summed E-state index contributed by atoms with van der Waals surface area (Å²) in [5.74, 6) is 0.371. The van der Waals surface area contributed by atoms with Gasteiger partial charge in [0.1, 0.15) is 0 Å². The largest absolute Gasteiger partial charge is 0.313 e. The summed E-state index contributed by atoms with van der Waals surface area (Å²) in [5, 5.41) is 4.47. The zero-order chi connectivity index (χ0) is 17.9. The molecule has 0 unspecified atom stereocenters. The summed E-state index contributed by atoms with van der Waals surface area (Å²) in [6, 6.07) is 12.1. The van der Waals surface area contributed by atoms with Gasteiger partial charge in [-0.15, -0.1) is 0 Å². The number of hydrogen-bond acceptors (Lipinski definition) is 4. The SMILES string of the molecule is Cn1ncc(CN2CCC(c3cc(=O)[nH]cn3)CC2)c1-c1ccccc1. The topological polar surface area (TPSA) is 66.8 Å². The highest BCUT2D eigenvalue weighted by molar-refractivity contribution is 5.63. The van der Waals surface area contributed by atoms with E-state index < -0.39 is 0 Å². The summed E-state index contributed by atoms with van der Waals surface area (Å²) in [6.45, 7) is 2.90. The third-order valence-electron chi connectivity index (χ3n) is 5.16. The molecule has 1 aromatic carbocycles. The van der Waals surface area contributed by atoms with E-state index in [2.05, 4.69) is 44.2 Å². The summed E-state index contributed by atoms with van der Waals surface area (Å²) in [7, 11) is 2.00. The normalized spacial score (nSPS) is 16.0. The molecule has 26 heavy (non-hydrogen) atoms. The Morgan fingerprint density at radius 3 is 2.69 bits per heavy atom. The van der Waals surface area contributed by atoms with Gasteiger partial charge in [0.2, 0.25) is 0 Å². The van der Waals surface area contributed by atoms with E-state index in [1.807, 2.05) is 24.0 Å². The van der Waals surface area contributed by atoms with Crippen LogP contribution in [0.15, 0.2) is 53.7 Å². The molecule has 1 N–H and O–H groups in total. The minimum atomic E-state index is -0.0692. The number of piperidine rings is 1. The molecule has 6 heteroatoms. The number of aromatic nitrogens is 4. The van der Waals surface area contributed by atoms with Gasteiger partial charge < -0.3 is 4.98 Å². The van der Waals surface area contributed by atoms with Crippen LogP contribution in [0.3, 0.4) is 0 Å². The van der Waals surface area contributed by atoms with Crippen LogP contribution in [0, 0.1) is 0 Å². The maximum absolute atomic E-state index is 11.5. The van der Waals surface area contributed by atoms with Crippen LogP contribution in [-0.4, -0.2) is 37.7 Å². The average molecular weight is 349 g/mol. The Hall–Kier alpha value is -2.73. The molecule has 3 aromatic rings. The molecule has 3 heterocycles. The van der Waals surface area contributed by atoms with Crippen LogP contribution in [0.5, 0.6) is 0 Å². The third-order valence-corrected chi connectivity index (χ3v) is 5.16. The van der Waals surface area contributed by atoms with E-state index in [9.17, 15) is 4.79 Å². The number of H-pyrrole nitrogens is 1. The standard InChI is InChI=1S/C20H23N5O/c1-24-20(16-5-3-2-4-6-16)17(12-23-24)13-25-9-7-15(8-10-25)18-11-19(26)22-14-21-18/h2-6,11-12,14-15H,7-10,13H2,1H3,(H,21,22,26). The summed E-state index contributed by atoms with van der Waals surface area (Å²) >= 11 is 0. The Morgan fingerprint density at radius 1 is 1.19 bits per heavy atom. The van der Waals surface area contributed by atoms with Gasteiger partial charge in [-0.05, 0) is 25.9 Å². The van der Waals surface area contributed by atoms with Crippen molar-refractivity contribution < 1.29 is 0 Å². The number of rotatable bonds is 4. The van der Waals surface area contributed by atoms with Gasteiger partial charge in [0.25, 0.3) is 5.56 Å². The first-order valence-corrected chi connectivity index (χ1v) is 9.04. The van der Waals surface area contributed by atoms with E-state index in [0.29, 0.717) is 5.92 Å². The first kappa shape index (κ1) is 16.7. The maximum Gasteiger partial charge on any atom is 0.250 e. The van der Waals surface area contributed by atoms with Gasteiger partial charge in [-0.1, -0.05) is 30.3 Å². The minimum absolute atomic E-state index is 0.0692. The van der Waals surface area contributed by atoms with Crippen molar-refractivity contribution in [3.63, 3.8) is 0 Å². The van der Waals surface area contributed by atoms with Crippen LogP contribution < -0.4 is 5.56 Å². The lowest BCUT2D eigenvalue weighted by atomic mass is 9.93. The van der Waals surface area contributed by atoms with Crippen molar-refractivity contribution in [1.82, 2.24) is 24.6 Å². The van der Waals surface area contributed by atoms with Crippen molar-refractivity contribution in [2.45, 2.75) is 25.3 Å². The predicted octanol–water partition coefficient (Wildman–Crippen LogP) is 2.55. The Labute approximate surface area is 152 Å². The second-order valence-corrected chi connectivity index (χ2v) is 6.89. The maximum atomic E-state index is 11.5. The van der Waals surface area contributed by atoms with Crippen molar-refractivity contribution >= 4 is 0 Å². The molecule has 0 bridgehead atoms. The number of benzene rings is 1. The fourth-order valence-corrected chi connectivity index (χ4v) is 3.80. The molecule has 0 spiro atoms. The van der Waals surface area contributed by atoms with Crippen LogP contribution >= 0.6 is 0 Å². The molecule has 1 aliphatic rings. The van der Waals surface area contributed by atoms with Crippen LogP contribution in [0.4, 0.5) is 0 Å². The Balaban J connectivity index is 1.45. The highest BCUT2D eigenvalue weighted by Crippen LogP contribution is 2.29. The molecule has 4 rings (SSSR count). The zero-order valence-corrected chi connectivity index (χ0v) is 14.9. The van der Waals surface area contributed by atoms with Crippen molar-refractivity contribution in [2.24, 2.45) is 7.05 Å². The number of aromatic amines is 1. The molecule has 0 aliphatic carbocycles. The molecule has 2 aromatic heterocycles. The predicted molar refractivity (Wildman–Crippen MR) is 101 cm³/mol. The zero-order valence-electron chi connectivity index (χ0n) is 14.9. The lowest BCUT2D eigenvalue weighted by Crippen LogP contribution is -2.33. The fourth-order valence-electron chi connectivity index (χ4n) is 3.80. The highest BCUT2D eigenvalue weighted by Gasteiger charge is 2.23. The molecule has 0 amide bonds. The molecule has 0 saturated carbocycles. The summed E-state index contributed by atoms with van der Waals surface area (Å²) in [6.07, 6.45) is 5.54. The molecule has 134 valence electrons. The van der Waals surface area contributed by atoms with Crippen molar-refractivity contribution in [3.8, 4) is 11.3 Å². The van der Waals surface area contributed by atoms with Crippen LogP contribution in [0.1, 0.15) is 30.0 Å². The van der Waals surface area contributed by atoms with E-state index in [4.69, 9.17) is 0 Å². The number of nitrogens with zero attached hydrogens (tertiary/aromatic N) is 4. The molecule has 1 aliphatic heterocycles. The van der Waals surface area contributed by atoms with Crippen molar-refractivity contribution in [1.29, 1.82) is 0 Å². The Morgan fingerprint density at radius 2 is 1.96 bits per heavy atom. The van der Waals surface area contributed by atoms with Crippen LogP contribution in [0.25, 0.3) is 11.3 Å². The van der Waals surface area contributed by atoms with E-state index in [1.165, 1.54) is 23.1 Å². The summed E-state index contributed by atoms with van der Waals surface area (Å²) in [5.41, 5.74) is 4.49. The Bertz CT molecular complexity index is 923. The number of nitrogens with one attached hydrogen (secondary N) is 1. The van der Waals surface area contributed by atoms with E-state index >= 15 is 0 Å². The van der Waals surface area contributed by atoms with Crippen molar-refractivity contribution in [3.05, 3.63) is 70.5 Å². The molecule has 0 radical (unpaired) electrons. The number of aryl methyl sites for hydroxylation is 1. The van der Waals surface area contributed by atoms with Gasteiger partial charge >= 0.3 is 0 Å². The highest BCUT2D eigenvalue weighted by atomic mass is 16.1. The van der Waals surface area contributed by atoms with Gasteiger partial charge in [0.05, 0.1) is 23.9 Å². The molecule has 1 saturated heterocycles. The number of likely N-dealkylation sites (tertiary alicyclic amines) is 1. The van der Waals surface area contributed by atoms with Crippen LogP contribution in [0.2, 0.25) is 0 Å². The molecular formula is C20H23N5O. The fraction of sp³-hybridized carbons (Fsp3) is 0.350. The smallest absolute Gasteiger partial charge is 0.250 e. The first-order chi connectivity index (χ1) is 12.7. The van der Waals surface area contributed by atoms with Gasteiger partial charge in [-0.25, -0.2) is 4.98 Å². The van der Waals surface area contributed by atoms with E-state index in [1.54, 1.807) is 6.07 Å². The Kier molecular flexibility index (Phi) is 4.67. The minimum Gasteiger partial charge on any atom is -0.313 e. The van der Waals surface area contributed by atoms with Crippen molar-refractivity contribution in [2.75, 3.05) is 13.1 Å². The van der Waals surface area contributed by atoms with E-state index in [-0.39, 0.29) is 5.56 Å². The van der Waals surface area contributed by atoms with Gasteiger partial charge in [-0.3, -0.25) is 14.4 Å². The molecular weight excluding hydrogens is 326 g/mol. The lowest BCUT2D eigenvalue weighted by Gasteiger charge is -2.31. The lowest BCUT2D eigenvalue weighted by molar-refractivity contribution is 0.203. The molecule has 1 fully saturated rings.